The summed E-state index contributed by atoms with van der Waals surface area (Å²) in [6, 6.07) is 21.4. The van der Waals surface area contributed by atoms with Crippen LogP contribution in [0.3, 0.4) is 0 Å². The summed E-state index contributed by atoms with van der Waals surface area (Å²) >= 11 is 0. The average Bonchev–Trinajstić information content (AvgIpc) is 2.95. The minimum atomic E-state index is -4.18. The van der Waals surface area contributed by atoms with Crippen LogP contribution in [-0.4, -0.2) is 50.3 Å². The van der Waals surface area contributed by atoms with Gasteiger partial charge in [-0.15, -0.1) is 0 Å². The maximum atomic E-state index is 13.9. The van der Waals surface area contributed by atoms with E-state index in [1.165, 1.54) is 29.2 Å². The highest BCUT2D eigenvalue weighted by atomic mass is 32.2. The molecule has 39 heavy (non-hydrogen) atoms. The molecule has 3 aromatic carbocycles. The van der Waals surface area contributed by atoms with Gasteiger partial charge in [0.05, 0.1) is 10.6 Å². The Balaban J connectivity index is 1.99. The monoisotopic (exact) mass is 553 g/mol. The summed E-state index contributed by atoms with van der Waals surface area (Å²) < 4.78 is 42.1. The summed E-state index contributed by atoms with van der Waals surface area (Å²) in [5.41, 5.74) is 1.13. The van der Waals surface area contributed by atoms with Crippen LogP contribution in [0.5, 0.6) is 0 Å². The number of halogens is 1. The Hall–Kier alpha value is -3.72. The van der Waals surface area contributed by atoms with E-state index in [0.717, 1.165) is 28.4 Å². The number of rotatable bonds is 13. The molecule has 0 saturated carbocycles. The smallest absolute Gasteiger partial charge is 0.264 e. The van der Waals surface area contributed by atoms with Crippen LogP contribution in [0.1, 0.15) is 39.2 Å². The molecule has 0 aliphatic heterocycles. The maximum absolute atomic E-state index is 13.9. The Morgan fingerprint density at radius 3 is 2.03 bits per heavy atom. The second-order valence-corrected chi connectivity index (χ2v) is 11.2. The van der Waals surface area contributed by atoms with E-state index in [1.54, 1.807) is 18.2 Å². The van der Waals surface area contributed by atoms with Crippen LogP contribution in [0.2, 0.25) is 0 Å². The first-order valence-corrected chi connectivity index (χ1v) is 14.6. The average molecular weight is 554 g/mol. The minimum absolute atomic E-state index is 0.000448. The van der Waals surface area contributed by atoms with Crippen LogP contribution in [0.25, 0.3) is 0 Å². The van der Waals surface area contributed by atoms with Crippen LogP contribution in [0.15, 0.2) is 89.8 Å². The van der Waals surface area contributed by atoms with Crippen molar-refractivity contribution >= 4 is 27.5 Å². The summed E-state index contributed by atoms with van der Waals surface area (Å²) in [7, 11) is -4.18. The largest absolute Gasteiger partial charge is 0.352 e. The van der Waals surface area contributed by atoms with Gasteiger partial charge in [-0.05, 0) is 68.1 Å². The van der Waals surface area contributed by atoms with Gasteiger partial charge in [-0.2, -0.15) is 0 Å². The van der Waals surface area contributed by atoms with Crippen molar-refractivity contribution in [3.8, 4) is 0 Å². The van der Waals surface area contributed by atoms with E-state index in [1.807, 2.05) is 51.1 Å². The number of carbonyl (C=O) groups is 2. The third kappa shape index (κ3) is 7.89. The normalized spacial score (nSPS) is 12.8. The summed E-state index contributed by atoms with van der Waals surface area (Å²) in [4.78, 5) is 28.6. The maximum Gasteiger partial charge on any atom is 0.264 e. The molecule has 0 radical (unpaired) electrons. The number of hydrogen-bond acceptors (Lipinski definition) is 4. The zero-order valence-electron chi connectivity index (χ0n) is 22.6. The van der Waals surface area contributed by atoms with E-state index >= 15 is 0 Å². The number of benzene rings is 3. The molecule has 0 saturated heterocycles. The van der Waals surface area contributed by atoms with Crippen molar-refractivity contribution in [3.63, 3.8) is 0 Å². The summed E-state index contributed by atoms with van der Waals surface area (Å²) in [6.07, 6.45) is 1.57. The van der Waals surface area contributed by atoms with E-state index in [9.17, 15) is 22.4 Å². The predicted molar refractivity (Wildman–Crippen MR) is 151 cm³/mol. The molecule has 3 rings (SSSR count). The molecule has 1 N–H and O–H groups in total. The fourth-order valence-corrected chi connectivity index (χ4v) is 5.63. The number of amides is 2. The van der Waals surface area contributed by atoms with Gasteiger partial charge in [0.25, 0.3) is 10.0 Å². The van der Waals surface area contributed by atoms with E-state index in [-0.39, 0.29) is 29.1 Å². The number of hydrogen-bond donors (Lipinski definition) is 1. The molecule has 0 spiro atoms. The van der Waals surface area contributed by atoms with Crippen LogP contribution < -0.4 is 9.62 Å². The molecule has 9 heteroatoms. The van der Waals surface area contributed by atoms with Crippen molar-refractivity contribution in [2.45, 2.75) is 57.0 Å². The Bertz CT molecular complexity index is 1320. The van der Waals surface area contributed by atoms with E-state index in [2.05, 4.69) is 5.32 Å². The van der Waals surface area contributed by atoms with Gasteiger partial charge in [-0.1, -0.05) is 62.4 Å². The molecule has 0 fully saturated rings. The predicted octanol–water partition coefficient (Wildman–Crippen LogP) is 4.79. The summed E-state index contributed by atoms with van der Waals surface area (Å²) in [5, 5.41) is 2.96. The lowest BCUT2D eigenvalue weighted by Gasteiger charge is -2.33. The molecule has 2 atom stereocenters. The minimum Gasteiger partial charge on any atom is -0.352 e. The number of carbonyl (C=O) groups excluding carboxylic acids is 2. The SMILES string of the molecule is CC[C@@H](C)NC(=O)[C@H](CC)N(CCc1ccccc1)C(=O)CN(c1ccc(F)cc1)S(=O)(=O)c1ccccc1. The number of anilines is 1. The fraction of sp³-hybridized carbons (Fsp3) is 0.333. The highest BCUT2D eigenvalue weighted by Gasteiger charge is 2.33. The third-order valence-electron chi connectivity index (χ3n) is 6.60. The Labute approximate surface area is 230 Å². The Kier molecular flexibility index (Phi) is 10.6. The molecular weight excluding hydrogens is 517 g/mol. The molecule has 0 heterocycles. The van der Waals surface area contributed by atoms with Crippen molar-refractivity contribution in [1.29, 1.82) is 0 Å². The lowest BCUT2D eigenvalue weighted by atomic mass is 10.1. The number of sulfonamides is 1. The molecule has 208 valence electrons. The molecule has 2 amide bonds. The standard InChI is InChI=1S/C30H36FN3O4S/c1-4-23(3)32-30(36)28(5-2)33(21-20-24-12-8-6-9-13-24)29(35)22-34(26-18-16-25(31)17-19-26)39(37,38)27-14-10-7-11-15-27/h6-19,23,28H,4-5,20-22H2,1-3H3,(H,32,36)/t23-,28+/m1/s1. The quantitative estimate of drug-likeness (QED) is 0.330. The second kappa shape index (κ2) is 13.9. The third-order valence-corrected chi connectivity index (χ3v) is 8.38. The van der Waals surface area contributed by atoms with Crippen LogP contribution in [0, 0.1) is 5.82 Å². The molecule has 0 aromatic heterocycles. The van der Waals surface area contributed by atoms with Gasteiger partial charge in [0.15, 0.2) is 0 Å². The lowest BCUT2D eigenvalue weighted by molar-refractivity contribution is -0.139. The van der Waals surface area contributed by atoms with Gasteiger partial charge < -0.3 is 10.2 Å². The highest BCUT2D eigenvalue weighted by Crippen LogP contribution is 2.24. The number of nitrogens with one attached hydrogen (secondary N) is 1. The van der Waals surface area contributed by atoms with Crippen molar-refractivity contribution in [2.24, 2.45) is 0 Å². The molecule has 0 aliphatic carbocycles. The zero-order chi connectivity index (χ0) is 28.4. The zero-order valence-corrected chi connectivity index (χ0v) is 23.4. The first kappa shape index (κ1) is 29.8. The van der Waals surface area contributed by atoms with Crippen LogP contribution in [0.4, 0.5) is 10.1 Å². The van der Waals surface area contributed by atoms with Gasteiger partial charge in [0, 0.05) is 12.6 Å². The molecule has 0 bridgehead atoms. The number of nitrogens with zero attached hydrogens (tertiary/aromatic N) is 2. The highest BCUT2D eigenvalue weighted by molar-refractivity contribution is 7.92. The van der Waals surface area contributed by atoms with Gasteiger partial charge in [0.2, 0.25) is 11.8 Å². The Morgan fingerprint density at radius 1 is 0.872 bits per heavy atom. The van der Waals surface area contributed by atoms with Crippen molar-refractivity contribution in [3.05, 3.63) is 96.3 Å². The summed E-state index contributed by atoms with van der Waals surface area (Å²) in [6.45, 7) is 5.34. The van der Waals surface area contributed by atoms with Crippen molar-refractivity contribution in [1.82, 2.24) is 10.2 Å². The molecule has 0 unspecified atom stereocenters. The van der Waals surface area contributed by atoms with Crippen LogP contribution in [-0.2, 0) is 26.0 Å². The van der Waals surface area contributed by atoms with Gasteiger partial charge >= 0.3 is 0 Å². The van der Waals surface area contributed by atoms with Gasteiger partial charge in [-0.25, -0.2) is 12.8 Å². The first-order valence-electron chi connectivity index (χ1n) is 13.1. The molecular formula is C30H36FN3O4S. The van der Waals surface area contributed by atoms with E-state index in [0.29, 0.717) is 12.8 Å². The van der Waals surface area contributed by atoms with Gasteiger partial charge in [0.1, 0.15) is 18.4 Å². The van der Waals surface area contributed by atoms with Crippen molar-refractivity contribution in [2.75, 3.05) is 17.4 Å². The molecule has 3 aromatic rings. The first-order chi connectivity index (χ1) is 18.7. The van der Waals surface area contributed by atoms with E-state index < -0.39 is 34.3 Å². The van der Waals surface area contributed by atoms with E-state index in [4.69, 9.17) is 0 Å². The van der Waals surface area contributed by atoms with Crippen molar-refractivity contribution < 1.29 is 22.4 Å². The summed E-state index contributed by atoms with van der Waals surface area (Å²) in [5.74, 6) is -1.34. The Morgan fingerprint density at radius 2 is 1.46 bits per heavy atom. The molecule has 0 aliphatic rings. The fourth-order valence-electron chi connectivity index (χ4n) is 4.19. The second-order valence-electron chi connectivity index (χ2n) is 9.37. The van der Waals surface area contributed by atoms with Gasteiger partial charge in [-0.3, -0.25) is 13.9 Å². The lowest BCUT2D eigenvalue weighted by Crippen LogP contribution is -2.54. The molecule has 7 nitrogen and oxygen atoms in total. The van der Waals surface area contributed by atoms with Crippen LogP contribution >= 0.6 is 0 Å². The topological polar surface area (TPSA) is 86.8 Å².